The minimum Gasteiger partial charge on any atom is -0.495 e. The molecule has 0 saturated heterocycles. The van der Waals surface area contributed by atoms with Crippen LogP contribution in [0.5, 0.6) is 11.6 Å². The van der Waals surface area contributed by atoms with E-state index in [9.17, 15) is 12.8 Å². The van der Waals surface area contributed by atoms with E-state index in [4.69, 9.17) is 9.47 Å². The van der Waals surface area contributed by atoms with Gasteiger partial charge >= 0.3 is 0 Å². The van der Waals surface area contributed by atoms with Crippen LogP contribution >= 0.6 is 0 Å². The Labute approximate surface area is 172 Å². The second-order valence-corrected chi connectivity index (χ2v) is 7.93. The van der Waals surface area contributed by atoms with E-state index in [1.54, 1.807) is 47.1 Å². The number of sulfonamides is 1. The van der Waals surface area contributed by atoms with Gasteiger partial charge in [-0.2, -0.15) is 0 Å². The largest absolute Gasteiger partial charge is 0.495 e. The SMILES string of the molecule is COc1ccc2nc(-c3ccc(NS(=O)(=O)c4cc(F)ccc4OC)cc3)cn2n1. The van der Waals surface area contributed by atoms with E-state index in [0.29, 0.717) is 22.9 Å². The van der Waals surface area contributed by atoms with Crippen molar-refractivity contribution < 1.29 is 22.3 Å². The summed E-state index contributed by atoms with van der Waals surface area (Å²) in [6, 6.07) is 13.4. The molecule has 0 radical (unpaired) electrons. The molecule has 0 aliphatic rings. The third-order valence-corrected chi connectivity index (χ3v) is 5.76. The van der Waals surface area contributed by atoms with Crippen molar-refractivity contribution in [1.29, 1.82) is 0 Å². The van der Waals surface area contributed by atoms with Gasteiger partial charge in [-0.15, -0.1) is 5.10 Å². The van der Waals surface area contributed by atoms with E-state index in [-0.39, 0.29) is 10.6 Å². The normalized spacial score (nSPS) is 11.4. The average molecular weight is 428 g/mol. The molecule has 30 heavy (non-hydrogen) atoms. The summed E-state index contributed by atoms with van der Waals surface area (Å²) < 4.78 is 53.1. The molecule has 1 N–H and O–H groups in total. The Morgan fingerprint density at radius 3 is 2.47 bits per heavy atom. The van der Waals surface area contributed by atoms with Crippen LogP contribution in [0.2, 0.25) is 0 Å². The summed E-state index contributed by atoms with van der Waals surface area (Å²) in [5.74, 6) is -0.166. The molecule has 0 fully saturated rings. The molecule has 0 amide bonds. The molecule has 154 valence electrons. The van der Waals surface area contributed by atoms with E-state index < -0.39 is 15.8 Å². The van der Waals surface area contributed by atoms with Gasteiger partial charge in [0.15, 0.2) is 5.65 Å². The number of hydrogen-bond acceptors (Lipinski definition) is 6. The number of anilines is 1. The lowest BCUT2D eigenvalue weighted by molar-refractivity contribution is 0.390. The van der Waals surface area contributed by atoms with Crippen LogP contribution in [0, 0.1) is 5.82 Å². The molecule has 2 aromatic carbocycles. The molecule has 10 heteroatoms. The molecule has 4 aromatic rings. The second kappa shape index (κ2) is 7.64. The zero-order valence-corrected chi connectivity index (χ0v) is 16.9. The fourth-order valence-corrected chi connectivity index (χ4v) is 4.13. The van der Waals surface area contributed by atoms with Crippen molar-refractivity contribution in [3.8, 4) is 22.9 Å². The third-order valence-electron chi connectivity index (χ3n) is 4.35. The zero-order chi connectivity index (χ0) is 21.3. The number of rotatable bonds is 6. The molecule has 2 aromatic heterocycles. The maximum absolute atomic E-state index is 13.6. The predicted octanol–water partition coefficient (Wildman–Crippen LogP) is 3.35. The first-order valence-electron chi connectivity index (χ1n) is 8.77. The highest BCUT2D eigenvalue weighted by molar-refractivity contribution is 7.92. The molecular weight excluding hydrogens is 411 g/mol. The number of fused-ring (bicyclic) bond motifs is 1. The van der Waals surface area contributed by atoms with E-state index in [2.05, 4.69) is 14.8 Å². The number of hydrogen-bond donors (Lipinski definition) is 1. The summed E-state index contributed by atoms with van der Waals surface area (Å²) in [5.41, 5.74) is 2.39. The van der Waals surface area contributed by atoms with Gasteiger partial charge in [-0.05, 0) is 36.4 Å². The molecule has 0 atom stereocenters. The van der Waals surface area contributed by atoms with E-state index >= 15 is 0 Å². The van der Waals surface area contributed by atoms with Gasteiger partial charge in [-0.25, -0.2) is 22.3 Å². The van der Waals surface area contributed by atoms with E-state index in [1.807, 2.05) is 0 Å². The minimum absolute atomic E-state index is 0.0492. The molecule has 0 aliphatic heterocycles. The van der Waals surface area contributed by atoms with Crippen LogP contribution in [-0.4, -0.2) is 37.2 Å². The van der Waals surface area contributed by atoms with Crippen molar-refractivity contribution in [2.24, 2.45) is 0 Å². The van der Waals surface area contributed by atoms with Crippen molar-refractivity contribution in [2.45, 2.75) is 4.90 Å². The van der Waals surface area contributed by atoms with Crippen LogP contribution in [0.3, 0.4) is 0 Å². The lowest BCUT2D eigenvalue weighted by atomic mass is 10.1. The molecule has 4 rings (SSSR count). The van der Waals surface area contributed by atoms with Crippen molar-refractivity contribution in [2.75, 3.05) is 18.9 Å². The van der Waals surface area contributed by atoms with Crippen molar-refractivity contribution in [3.63, 3.8) is 0 Å². The first kappa shape index (κ1) is 19.6. The van der Waals surface area contributed by atoms with Gasteiger partial charge in [-0.1, -0.05) is 12.1 Å². The minimum atomic E-state index is -4.04. The number of imidazole rings is 1. The Hall–Kier alpha value is -3.66. The molecule has 0 saturated carbocycles. The fraction of sp³-hybridized carbons (Fsp3) is 0.100. The third kappa shape index (κ3) is 3.77. The number of methoxy groups -OCH3 is 2. The molecule has 0 unspecified atom stereocenters. The highest BCUT2D eigenvalue weighted by atomic mass is 32.2. The number of benzene rings is 2. The van der Waals surface area contributed by atoms with Crippen molar-refractivity contribution in [3.05, 3.63) is 66.6 Å². The fourth-order valence-electron chi connectivity index (χ4n) is 2.89. The van der Waals surface area contributed by atoms with E-state index in [0.717, 1.165) is 17.7 Å². The van der Waals surface area contributed by atoms with Gasteiger partial charge in [0.05, 0.1) is 26.1 Å². The van der Waals surface area contributed by atoms with Crippen molar-refractivity contribution >= 4 is 21.4 Å². The second-order valence-electron chi connectivity index (χ2n) is 6.28. The maximum atomic E-state index is 13.6. The topological polar surface area (TPSA) is 94.8 Å². The van der Waals surface area contributed by atoms with Crippen LogP contribution in [0.15, 0.2) is 65.7 Å². The summed E-state index contributed by atoms with van der Waals surface area (Å²) in [5, 5.41) is 4.26. The zero-order valence-electron chi connectivity index (χ0n) is 16.0. The van der Waals surface area contributed by atoms with Gasteiger partial charge in [0, 0.05) is 17.3 Å². The summed E-state index contributed by atoms with van der Waals surface area (Å²) in [7, 11) is -1.19. The van der Waals surface area contributed by atoms with Gasteiger partial charge in [0.25, 0.3) is 10.0 Å². The molecule has 2 heterocycles. The standard InChI is InChI=1S/C20H17FN4O4S/c1-28-17-8-5-14(21)11-18(17)30(26,27)24-15-6-3-13(4-7-15)16-12-25-19(22-16)9-10-20(23-25)29-2/h3-12,24H,1-2H3. The van der Waals surface area contributed by atoms with Gasteiger partial charge in [0.2, 0.25) is 5.88 Å². The predicted molar refractivity (Wildman–Crippen MR) is 109 cm³/mol. The van der Waals surface area contributed by atoms with Crippen LogP contribution in [0.25, 0.3) is 16.9 Å². The number of nitrogens with one attached hydrogen (secondary N) is 1. The molecule has 0 spiro atoms. The number of ether oxygens (including phenoxy) is 2. The quantitative estimate of drug-likeness (QED) is 0.506. The van der Waals surface area contributed by atoms with Crippen LogP contribution in [-0.2, 0) is 10.0 Å². The lowest BCUT2D eigenvalue weighted by Gasteiger charge is -2.12. The average Bonchev–Trinajstić information content (AvgIpc) is 3.17. The Balaban J connectivity index is 1.60. The number of nitrogens with zero attached hydrogens (tertiary/aromatic N) is 3. The van der Waals surface area contributed by atoms with Gasteiger partial charge < -0.3 is 9.47 Å². The summed E-state index contributed by atoms with van der Waals surface area (Å²) in [4.78, 5) is 4.21. The van der Waals surface area contributed by atoms with Crippen LogP contribution in [0.1, 0.15) is 0 Å². The van der Waals surface area contributed by atoms with Crippen LogP contribution in [0.4, 0.5) is 10.1 Å². The summed E-state index contributed by atoms with van der Waals surface area (Å²) in [6.45, 7) is 0. The molecule has 8 nitrogen and oxygen atoms in total. The smallest absolute Gasteiger partial charge is 0.265 e. The first-order chi connectivity index (χ1) is 14.4. The Morgan fingerprint density at radius 1 is 1.00 bits per heavy atom. The Kier molecular flexibility index (Phi) is 5.00. The van der Waals surface area contributed by atoms with Gasteiger partial charge in [-0.3, -0.25) is 4.72 Å². The molecule has 0 bridgehead atoms. The summed E-state index contributed by atoms with van der Waals surface area (Å²) in [6.07, 6.45) is 1.74. The monoisotopic (exact) mass is 428 g/mol. The van der Waals surface area contributed by atoms with E-state index in [1.165, 1.54) is 20.3 Å². The lowest BCUT2D eigenvalue weighted by Crippen LogP contribution is -2.14. The van der Waals surface area contributed by atoms with Crippen LogP contribution < -0.4 is 14.2 Å². The van der Waals surface area contributed by atoms with Crippen molar-refractivity contribution in [1.82, 2.24) is 14.6 Å². The number of halogens is 1. The molecule has 0 aliphatic carbocycles. The summed E-state index contributed by atoms with van der Waals surface area (Å²) >= 11 is 0. The number of aromatic nitrogens is 3. The highest BCUT2D eigenvalue weighted by Gasteiger charge is 2.20. The Bertz CT molecular complexity index is 1320. The van der Waals surface area contributed by atoms with Gasteiger partial charge in [0.1, 0.15) is 16.5 Å². The maximum Gasteiger partial charge on any atom is 0.265 e. The highest BCUT2D eigenvalue weighted by Crippen LogP contribution is 2.28. The first-order valence-corrected chi connectivity index (χ1v) is 10.2. The Morgan fingerprint density at radius 2 is 1.77 bits per heavy atom. The molecular formula is C20H17FN4O4S.